The Balaban J connectivity index is 1.21. The summed E-state index contributed by atoms with van der Waals surface area (Å²) in [6.45, 7) is 4.16. The number of ether oxygens (including phenoxy) is 4. The van der Waals surface area contributed by atoms with Crippen LogP contribution in [0.2, 0.25) is 0 Å². The lowest BCUT2D eigenvalue weighted by Gasteiger charge is -2.24. The van der Waals surface area contributed by atoms with Gasteiger partial charge in [0.1, 0.15) is 24.6 Å². The van der Waals surface area contributed by atoms with Gasteiger partial charge in [0, 0.05) is 0 Å². The number of hydrogen-bond acceptors (Lipinski definition) is 9. The molecule has 1 aromatic carbocycles. The second kappa shape index (κ2) is 9.11. The summed E-state index contributed by atoms with van der Waals surface area (Å²) in [5.74, 6) is -0.0775. The van der Waals surface area contributed by atoms with Crippen LogP contribution in [0.5, 0.6) is 0 Å². The van der Waals surface area contributed by atoms with Crippen LogP contribution in [0.1, 0.15) is 44.9 Å². The summed E-state index contributed by atoms with van der Waals surface area (Å²) in [5, 5.41) is 13.4. The molecule has 10 nitrogen and oxygen atoms in total. The molecule has 6 unspecified atom stereocenters. The Morgan fingerprint density at radius 2 is 1.94 bits per heavy atom. The number of aliphatic hydroxyl groups excluding tert-OH is 1. The summed E-state index contributed by atoms with van der Waals surface area (Å²) in [5.41, 5.74) is 2.46. The number of aliphatic hydroxyl groups is 1. The number of aromatic nitrogens is 4. The van der Waals surface area contributed by atoms with Crippen LogP contribution in [0.4, 0.5) is 5.82 Å². The molecular weight excluding hydrogens is 450 g/mol. The Kier molecular flexibility index (Phi) is 5.93. The minimum absolute atomic E-state index is 0.0952. The van der Waals surface area contributed by atoms with E-state index in [9.17, 15) is 5.11 Å². The molecule has 10 heteroatoms. The second-order valence-corrected chi connectivity index (χ2v) is 9.88. The second-order valence-electron chi connectivity index (χ2n) is 9.88. The van der Waals surface area contributed by atoms with Crippen molar-refractivity contribution < 1.29 is 24.1 Å². The van der Waals surface area contributed by atoms with Gasteiger partial charge in [0.05, 0.1) is 31.7 Å². The Bertz CT molecular complexity index is 1170. The van der Waals surface area contributed by atoms with Crippen molar-refractivity contribution in [3.63, 3.8) is 0 Å². The highest BCUT2D eigenvalue weighted by Crippen LogP contribution is 2.43. The SMILES string of the molecule is CC1(C)OC2C(CO)OC(n3cnc4c(NC5CCCC5OCc5ccccc5)ncnc43)C2O1. The lowest BCUT2D eigenvalue weighted by molar-refractivity contribution is -0.199. The zero-order chi connectivity index (χ0) is 24.0. The lowest BCUT2D eigenvalue weighted by atomic mass is 10.1. The van der Waals surface area contributed by atoms with Crippen LogP contribution in [0.25, 0.3) is 11.2 Å². The third kappa shape index (κ3) is 4.30. The van der Waals surface area contributed by atoms with Crippen molar-refractivity contribution in [1.29, 1.82) is 0 Å². The van der Waals surface area contributed by atoms with Gasteiger partial charge in [0.15, 0.2) is 29.0 Å². The van der Waals surface area contributed by atoms with E-state index >= 15 is 0 Å². The van der Waals surface area contributed by atoms with Gasteiger partial charge in [-0.25, -0.2) is 15.0 Å². The van der Waals surface area contributed by atoms with Crippen molar-refractivity contribution in [2.45, 2.75) is 82.2 Å². The van der Waals surface area contributed by atoms with Crippen LogP contribution in [0.3, 0.4) is 0 Å². The standard InChI is InChI=1S/C25H31N5O5/c1-25(2)34-20-18(11-31)33-24(21(20)35-25)30-14-28-19-22(26-13-27-23(19)30)29-16-9-6-10-17(16)32-12-15-7-4-3-5-8-15/h3-5,7-8,13-14,16-18,20-21,24,31H,6,9-12H2,1-2H3,(H,26,27,29). The molecule has 3 aromatic rings. The highest BCUT2D eigenvalue weighted by molar-refractivity contribution is 5.82. The van der Waals surface area contributed by atoms with E-state index in [1.165, 1.54) is 11.9 Å². The fraction of sp³-hybridized carbons (Fsp3) is 0.560. The Morgan fingerprint density at radius 3 is 2.77 bits per heavy atom. The molecule has 6 rings (SSSR count). The monoisotopic (exact) mass is 481 g/mol. The number of rotatable bonds is 7. The smallest absolute Gasteiger partial charge is 0.167 e. The third-order valence-electron chi connectivity index (χ3n) is 7.02. The molecule has 2 aromatic heterocycles. The highest BCUT2D eigenvalue weighted by Gasteiger charge is 2.56. The molecule has 2 aliphatic heterocycles. The molecule has 186 valence electrons. The van der Waals surface area contributed by atoms with E-state index in [2.05, 4.69) is 32.4 Å². The number of benzene rings is 1. The van der Waals surface area contributed by atoms with Gasteiger partial charge in [-0.1, -0.05) is 30.3 Å². The topological polar surface area (TPSA) is 113 Å². The molecule has 0 spiro atoms. The molecule has 6 atom stereocenters. The number of imidazole rings is 1. The zero-order valence-electron chi connectivity index (χ0n) is 19.9. The van der Waals surface area contributed by atoms with Gasteiger partial charge in [0.2, 0.25) is 0 Å². The maximum atomic E-state index is 9.82. The van der Waals surface area contributed by atoms with Gasteiger partial charge in [-0.05, 0) is 38.7 Å². The summed E-state index contributed by atoms with van der Waals surface area (Å²) in [4.78, 5) is 13.6. The van der Waals surface area contributed by atoms with Crippen LogP contribution in [0.15, 0.2) is 43.0 Å². The van der Waals surface area contributed by atoms with Crippen LogP contribution < -0.4 is 5.32 Å². The molecule has 3 aliphatic rings. The first-order valence-electron chi connectivity index (χ1n) is 12.2. The summed E-state index contributed by atoms with van der Waals surface area (Å²) in [6, 6.07) is 10.4. The maximum Gasteiger partial charge on any atom is 0.167 e. The third-order valence-corrected chi connectivity index (χ3v) is 7.02. The van der Waals surface area contributed by atoms with Crippen molar-refractivity contribution >= 4 is 17.0 Å². The molecular formula is C25H31N5O5. The van der Waals surface area contributed by atoms with E-state index < -0.39 is 18.1 Å². The molecule has 1 aliphatic carbocycles. The van der Waals surface area contributed by atoms with E-state index in [0.29, 0.717) is 23.6 Å². The van der Waals surface area contributed by atoms with Crippen LogP contribution in [-0.2, 0) is 25.6 Å². The van der Waals surface area contributed by atoms with Gasteiger partial charge in [-0.2, -0.15) is 0 Å². The first-order valence-corrected chi connectivity index (χ1v) is 12.2. The molecule has 4 heterocycles. The average Bonchev–Trinajstić information content (AvgIpc) is 3.61. The van der Waals surface area contributed by atoms with Crippen LogP contribution in [-0.4, -0.2) is 67.5 Å². The molecule has 0 radical (unpaired) electrons. The van der Waals surface area contributed by atoms with Crippen molar-refractivity contribution in [3.8, 4) is 0 Å². The quantitative estimate of drug-likeness (QED) is 0.526. The molecule has 2 saturated heterocycles. The molecule has 3 fully saturated rings. The predicted octanol–water partition coefficient (Wildman–Crippen LogP) is 2.79. The number of hydrogen-bond donors (Lipinski definition) is 2. The Hall–Kier alpha value is -2.63. The van der Waals surface area contributed by atoms with Crippen molar-refractivity contribution in [3.05, 3.63) is 48.5 Å². The molecule has 2 N–H and O–H groups in total. The molecule has 0 bridgehead atoms. The van der Waals surface area contributed by atoms with Crippen molar-refractivity contribution in [2.24, 2.45) is 0 Å². The van der Waals surface area contributed by atoms with Crippen LogP contribution >= 0.6 is 0 Å². The zero-order valence-corrected chi connectivity index (χ0v) is 19.9. The number of fused-ring (bicyclic) bond motifs is 2. The maximum absolute atomic E-state index is 9.82. The average molecular weight is 482 g/mol. The number of nitrogens with one attached hydrogen (secondary N) is 1. The lowest BCUT2D eigenvalue weighted by Crippen LogP contribution is -2.31. The van der Waals surface area contributed by atoms with E-state index in [1.807, 2.05) is 36.6 Å². The fourth-order valence-electron chi connectivity index (χ4n) is 5.42. The summed E-state index contributed by atoms with van der Waals surface area (Å²) < 4.78 is 26.3. The van der Waals surface area contributed by atoms with Crippen LogP contribution in [0, 0.1) is 0 Å². The van der Waals surface area contributed by atoms with Crippen molar-refractivity contribution in [2.75, 3.05) is 11.9 Å². The minimum Gasteiger partial charge on any atom is -0.394 e. The van der Waals surface area contributed by atoms with E-state index in [-0.39, 0.29) is 31.0 Å². The van der Waals surface area contributed by atoms with Gasteiger partial charge < -0.3 is 29.4 Å². The minimum atomic E-state index is -0.750. The Morgan fingerprint density at radius 1 is 1.11 bits per heavy atom. The molecule has 0 amide bonds. The first-order chi connectivity index (χ1) is 17.0. The first kappa shape index (κ1) is 22.8. The largest absolute Gasteiger partial charge is 0.394 e. The van der Waals surface area contributed by atoms with Crippen molar-refractivity contribution in [1.82, 2.24) is 19.5 Å². The number of anilines is 1. The fourth-order valence-corrected chi connectivity index (χ4v) is 5.42. The van der Waals surface area contributed by atoms with E-state index in [1.54, 1.807) is 6.33 Å². The molecule has 35 heavy (non-hydrogen) atoms. The highest BCUT2D eigenvalue weighted by atomic mass is 16.8. The Labute approximate surface area is 203 Å². The summed E-state index contributed by atoms with van der Waals surface area (Å²) in [7, 11) is 0. The van der Waals surface area contributed by atoms with Gasteiger partial charge in [0.25, 0.3) is 0 Å². The summed E-state index contributed by atoms with van der Waals surface area (Å²) >= 11 is 0. The predicted molar refractivity (Wildman–Crippen MR) is 126 cm³/mol. The number of nitrogens with zero attached hydrogens (tertiary/aromatic N) is 4. The molecule has 1 saturated carbocycles. The van der Waals surface area contributed by atoms with Gasteiger partial charge in [-0.3, -0.25) is 4.57 Å². The summed E-state index contributed by atoms with van der Waals surface area (Å²) in [6.07, 6.45) is 4.68. The van der Waals surface area contributed by atoms with Gasteiger partial charge >= 0.3 is 0 Å². The van der Waals surface area contributed by atoms with E-state index in [0.717, 1.165) is 19.3 Å². The van der Waals surface area contributed by atoms with E-state index in [4.69, 9.17) is 18.9 Å². The normalized spacial score (nSPS) is 31.7. The van der Waals surface area contributed by atoms with Gasteiger partial charge in [-0.15, -0.1) is 0 Å².